The molecule has 0 unspecified atom stereocenters. The largest absolute Gasteiger partial charge is 0.571 e. The smallest absolute Gasteiger partial charge is 0.123 e. The molecular weight excluding hydrogens is 372 g/mol. The first-order valence-electron chi connectivity index (χ1n) is 8.21. The van der Waals surface area contributed by atoms with Crippen molar-refractivity contribution in [2.24, 2.45) is 0 Å². The first kappa shape index (κ1) is 19.0. The highest BCUT2D eigenvalue weighted by atomic mass is 32.2. The molecule has 8 nitrogen and oxygen atoms in total. The molecule has 0 aromatic heterocycles. The van der Waals surface area contributed by atoms with Crippen LogP contribution in [0.2, 0.25) is 0 Å². The maximum atomic E-state index is 12.7. The van der Waals surface area contributed by atoms with Gasteiger partial charge in [-0.3, -0.25) is 0 Å². The number of carbonyl (C=O) groups excluding carboxylic acids is 1. The number of carbonyl (C=O) groups is 1. The van der Waals surface area contributed by atoms with Crippen LogP contribution in [0.4, 0.5) is 11.4 Å². The number of sulfonamides is 1. The second-order valence-electron chi connectivity index (χ2n) is 5.83. The predicted molar refractivity (Wildman–Crippen MR) is 97.0 cm³/mol. The summed E-state index contributed by atoms with van der Waals surface area (Å²) in [5.41, 5.74) is 0.436. The number of aromatic carboxylic acids is 1. The number of benzene rings is 2. The highest BCUT2D eigenvalue weighted by Crippen LogP contribution is 2.38. The van der Waals surface area contributed by atoms with E-state index >= 15 is 0 Å². The lowest BCUT2D eigenvalue weighted by Crippen LogP contribution is -2.36. The molecule has 9 heteroatoms. The van der Waals surface area contributed by atoms with Gasteiger partial charge in [0.15, 0.2) is 0 Å². The number of hydrogen-bond acceptors (Lipinski definition) is 7. The Morgan fingerprint density at radius 3 is 2.41 bits per heavy atom. The van der Waals surface area contributed by atoms with E-state index in [1.54, 1.807) is 6.07 Å². The van der Waals surface area contributed by atoms with Crippen molar-refractivity contribution in [2.45, 2.75) is 4.90 Å². The molecule has 0 saturated carbocycles. The number of rotatable bonds is 6. The Bertz CT molecular complexity index is 921. The van der Waals surface area contributed by atoms with Gasteiger partial charge in [-0.1, -0.05) is 12.1 Å². The van der Waals surface area contributed by atoms with Gasteiger partial charge >= 0.3 is 0 Å². The molecule has 1 aliphatic heterocycles. The molecular formula is C18H18N2O6S-2. The Labute approximate surface area is 157 Å². The molecule has 0 radical (unpaired) electrons. The average molecular weight is 390 g/mol. The van der Waals surface area contributed by atoms with Gasteiger partial charge in [-0.05, 0) is 35.9 Å². The second-order valence-corrected chi connectivity index (χ2v) is 7.44. The Morgan fingerprint density at radius 1 is 1.15 bits per heavy atom. The lowest BCUT2D eigenvalue weighted by atomic mass is 10.1. The molecule has 27 heavy (non-hydrogen) atoms. The summed E-state index contributed by atoms with van der Waals surface area (Å²) in [6, 6.07) is 9.92. The number of carboxylic acids is 1. The molecule has 0 bridgehead atoms. The first-order chi connectivity index (χ1) is 12.9. The van der Waals surface area contributed by atoms with Crippen LogP contribution in [0.25, 0.3) is 4.72 Å². The van der Waals surface area contributed by atoms with Crippen molar-refractivity contribution in [2.75, 3.05) is 38.3 Å². The minimum Gasteiger partial charge on any atom is -0.571 e. The summed E-state index contributed by atoms with van der Waals surface area (Å²) in [6.45, 7) is 2.09. The zero-order chi connectivity index (χ0) is 19.4. The van der Waals surface area contributed by atoms with Crippen molar-refractivity contribution >= 4 is 27.4 Å². The quantitative estimate of drug-likeness (QED) is 0.731. The van der Waals surface area contributed by atoms with E-state index < -0.39 is 16.0 Å². The topological polar surface area (TPSA) is 110 Å². The maximum Gasteiger partial charge on any atom is 0.123 e. The van der Waals surface area contributed by atoms with Crippen LogP contribution in [0.15, 0.2) is 47.4 Å². The third-order valence-corrected chi connectivity index (χ3v) is 5.44. The minimum absolute atomic E-state index is 0.0184. The summed E-state index contributed by atoms with van der Waals surface area (Å²) < 4.78 is 39.6. The fourth-order valence-corrected chi connectivity index (χ4v) is 3.72. The Balaban J connectivity index is 1.97. The van der Waals surface area contributed by atoms with Gasteiger partial charge in [0, 0.05) is 18.8 Å². The molecule has 0 aliphatic carbocycles. The minimum atomic E-state index is -4.04. The Hall–Kier alpha value is -2.78. The van der Waals surface area contributed by atoms with Crippen LogP contribution in [0, 0.1) is 0 Å². The monoisotopic (exact) mass is 390 g/mol. The summed E-state index contributed by atoms with van der Waals surface area (Å²) >= 11 is 0. The standard InChI is InChI=1S/C18H19N2O6S/c1-25-14-3-5-15(6-4-14)27(23,24)19-16-12-13(18(21)22)2-7-17(16)20-8-10-26-11-9-20/h2-7,12H,8-11H2,1H3,(H,21,22)/q-1/p-1. The molecule has 3 rings (SSSR count). The lowest BCUT2D eigenvalue weighted by Gasteiger charge is -2.35. The van der Waals surface area contributed by atoms with Crippen LogP contribution in [0.3, 0.4) is 0 Å². The molecule has 0 amide bonds. The number of morpholine rings is 1. The normalized spacial score (nSPS) is 14.6. The molecule has 0 N–H and O–H groups in total. The molecule has 1 fully saturated rings. The van der Waals surface area contributed by atoms with E-state index in [1.165, 1.54) is 43.5 Å². The molecule has 1 aliphatic rings. The van der Waals surface area contributed by atoms with Crippen molar-refractivity contribution in [3.05, 3.63) is 52.8 Å². The van der Waals surface area contributed by atoms with E-state index in [-0.39, 0.29) is 16.1 Å². The van der Waals surface area contributed by atoms with Crippen molar-refractivity contribution in [3.63, 3.8) is 0 Å². The van der Waals surface area contributed by atoms with Crippen LogP contribution in [-0.4, -0.2) is 47.8 Å². The zero-order valence-electron chi connectivity index (χ0n) is 14.6. The summed E-state index contributed by atoms with van der Waals surface area (Å²) in [5.74, 6) is -0.885. The van der Waals surface area contributed by atoms with Crippen molar-refractivity contribution < 1.29 is 27.8 Å². The van der Waals surface area contributed by atoms with Crippen molar-refractivity contribution in [1.82, 2.24) is 0 Å². The van der Waals surface area contributed by atoms with Gasteiger partial charge in [-0.15, -0.1) is 5.69 Å². The summed E-state index contributed by atoms with van der Waals surface area (Å²) in [5, 5.41) is 11.2. The average Bonchev–Trinajstić information content (AvgIpc) is 2.68. The van der Waals surface area contributed by atoms with Crippen molar-refractivity contribution in [1.29, 1.82) is 0 Å². The van der Waals surface area contributed by atoms with E-state index in [1.807, 2.05) is 4.90 Å². The molecule has 2 aromatic rings. The third kappa shape index (κ3) is 4.32. The summed E-state index contributed by atoms with van der Waals surface area (Å²) in [6.07, 6.45) is 0. The van der Waals surface area contributed by atoms with Gasteiger partial charge in [0.2, 0.25) is 0 Å². The van der Waals surface area contributed by atoms with E-state index in [9.17, 15) is 18.3 Å². The molecule has 2 aromatic carbocycles. The number of hydrogen-bond donors (Lipinski definition) is 0. The maximum absolute atomic E-state index is 12.7. The number of anilines is 1. The molecule has 1 saturated heterocycles. The molecule has 1 heterocycles. The van der Waals surface area contributed by atoms with Crippen molar-refractivity contribution in [3.8, 4) is 5.75 Å². The van der Waals surface area contributed by atoms with Crippen LogP contribution in [0.1, 0.15) is 10.4 Å². The van der Waals surface area contributed by atoms with Crippen LogP contribution >= 0.6 is 0 Å². The molecule has 144 valence electrons. The SMILES string of the molecule is COc1ccc(S(=O)(=O)[N-]c2cc(C(=O)[O-])ccc2N2CCOCC2)cc1. The predicted octanol–water partition coefficient (Wildman–Crippen LogP) is 1.29. The first-order valence-corrected chi connectivity index (χ1v) is 9.65. The summed E-state index contributed by atoms with van der Waals surface area (Å²) in [4.78, 5) is 13.1. The Kier molecular flexibility index (Phi) is 5.52. The zero-order valence-corrected chi connectivity index (χ0v) is 15.4. The third-order valence-electron chi connectivity index (χ3n) is 4.14. The number of carboxylic acid groups (broad SMARTS) is 1. The van der Waals surface area contributed by atoms with E-state index in [4.69, 9.17) is 9.47 Å². The van der Waals surface area contributed by atoms with Gasteiger partial charge in [-0.2, -0.15) is 0 Å². The van der Waals surface area contributed by atoms with Gasteiger partial charge in [0.25, 0.3) is 0 Å². The van der Waals surface area contributed by atoms with Crippen LogP contribution < -0.4 is 14.7 Å². The molecule has 0 spiro atoms. The summed E-state index contributed by atoms with van der Waals surface area (Å²) in [7, 11) is -2.56. The van der Waals surface area contributed by atoms with Gasteiger partial charge in [-0.25, -0.2) is 8.42 Å². The highest BCUT2D eigenvalue weighted by Gasteiger charge is 2.14. The van der Waals surface area contributed by atoms with E-state index in [2.05, 4.69) is 4.72 Å². The fourth-order valence-electron chi connectivity index (χ4n) is 2.73. The second kappa shape index (κ2) is 7.85. The van der Waals surface area contributed by atoms with E-state index in [0.717, 1.165) is 0 Å². The number of methoxy groups -OCH3 is 1. The van der Waals surface area contributed by atoms with Crippen LogP contribution in [-0.2, 0) is 14.8 Å². The number of nitrogens with zero attached hydrogens (tertiary/aromatic N) is 2. The van der Waals surface area contributed by atoms with Gasteiger partial charge < -0.3 is 29.0 Å². The lowest BCUT2D eigenvalue weighted by molar-refractivity contribution is -0.255. The van der Waals surface area contributed by atoms with Gasteiger partial charge in [0.05, 0.1) is 31.2 Å². The van der Waals surface area contributed by atoms with E-state index in [0.29, 0.717) is 37.7 Å². The van der Waals surface area contributed by atoms with Crippen LogP contribution in [0.5, 0.6) is 5.75 Å². The highest BCUT2D eigenvalue weighted by molar-refractivity contribution is 7.94. The number of ether oxygens (including phenoxy) is 2. The fraction of sp³-hybridized carbons (Fsp3) is 0.278. The Morgan fingerprint density at radius 2 is 1.81 bits per heavy atom. The van der Waals surface area contributed by atoms with Gasteiger partial charge in [0.1, 0.15) is 15.8 Å². The molecule has 0 atom stereocenters.